The minimum Gasteiger partial charge on any atom is -0.455 e. The maximum absolute atomic E-state index is 11.2. The van der Waals surface area contributed by atoms with Crippen LogP contribution in [0.5, 0.6) is 5.75 Å². The lowest BCUT2D eigenvalue weighted by atomic mass is 9.97. The number of ether oxygens (including phenoxy) is 4. The quantitative estimate of drug-likeness (QED) is 0.155. The van der Waals surface area contributed by atoms with Crippen LogP contribution in [0, 0.1) is 10.1 Å². The van der Waals surface area contributed by atoms with Gasteiger partial charge in [0.1, 0.15) is 48.8 Å². The predicted octanol–water partition coefficient (Wildman–Crippen LogP) is -3.40. The Morgan fingerprint density at radius 3 is 2.06 bits per heavy atom. The molecule has 7 N–H and O–H groups in total. The Bertz CT molecular complexity index is 777. The normalized spacial score (nSPS) is 40.1. The molecule has 2 aliphatic rings. The van der Waals surface area contributed by atoms with Crippen LogP contribution in [0.15, 0.2) is 24.3 Å². The second-order valence-corrected chi connectivity index (χ2v) is 7.35. The van der Waals surface area contributed by atoms with Crippen molar-refractivity contribution in [3.63, 3.8) is 0 Å². The fraction of sp³-hybridized carbons (Fsp3) is 0.667. The standard InChI is InChI=1S/C18H25NO13/c20-5-9-11(22)12(23)14(25)18(30-9)32-16-10(6-21)31-17(15(26)13(16)24)29-8-4-2-1-3-7(8)19(27)28/h1-4,9-18,20-26H,5-6H2/t9-,10-,11+,12+,13+,14+,15+,16-,17-,18+/m1/s1. The van der Waals surface area contributed by atoms with Gasteiger partial charge in [-0.1, -0.05) is 12.1 Å². The molecule has 14 nitrogen and oxygen atoms in total. The smallest absolute Gasteiger partial charge is 0.311 e. The van der Waals surface area contributed by atoms with Crippen molar-refractivity contribution in [1.82, 2.24) is 0 Å². The van der Waals surface area contributed by atoms with Gasteiger partial charge in [-0.2, -0.15) is 0 Å². The van der Waals surface area contributed by atoms with E-state index < -0.39 is 85.2 Å². The third-order valence-electron chi connectivity index (χ3n) is 5.27. The van der Waals surface area contributed by atoms with E-state index in [0.717, 1.165) is 6.07 Å². The lowest BCUT2D eigenvalue weighted by Gasteiger charge is -2.45. The lowest BCUT2D eigenvalue weighted by molar-refractivity contribution is -0.387. The zero-order chi connectivity index (χ0) is 23.6. The molecule has 0 radical (unpaired) electrons. The van der Waals surface area contributed by atoms with E-state index in [9.17, 15) is 45.9 Å². The first-order valence-electron chi connectivity index (χ1n) is 9.68. The Hall–Kier alpha value is -1.98. The number of rotatable bonds is 7. The zero-order valence-electron chi connectivity index (χ0n) is 16.5. The van der Waals surface area contributed by atoms with Crippen LogP contribution in [0.3, 0.4) is 0 Å². The Kier molecular flexibility index (Phi) is 7.94. The van der Waals surface area contributed by atoms with Gasteiger partial charge in [0.05, 0.1) is 18.1 Å². The summed E-state index contributed by atoms with van der Waals surface area (Å²) >= 11 is 0. The molecular weight excluding hydrogens is 438 g/mol. The first kappa shape index (κ1) is 24.7. The Labute approximate surface area is 180 Å². The number of nitro benzene ring substituents is 1. The maximum Gasteiger partial charge on any atom is 0.311 e. The number of para-hydroxylation sites is 2. The van der Waals surface area contributed by atoms with Gasteiger partial charge in [0, 0.05) is 6.07 Å². The van der Waals surface area contributed by atoms with Crippen LogP contribution in [0.1, 0.15) is 0 Å². The maximum atomic E-state index is 11.2. The molecule has 0 aliphatic carbocycles. The summed E-state index contributed by atoms with van der Waals surface area (Å²) < 4.78 is 21.4. The van der Waals surface area contributed by atoms with Crippen molar-refractivity contribution in [2.45, 2.75) is 61.4 Å². The molecule has 3 rings (SSSR count). The Morgan fingerprint density at radius 1 is 0.844 bits per heavy atom. The highest BCUT2D eigenvalue weighted by molar-refractivity contribution is 5.45. The summed E-state index contributed by atoms with van der Waals surface area (Å²) in [4.78, 5) is 10.4. The van der Waals surface area contributed by atoms with Crippen LogP contribution in [0.2, 0.25) is 0 Å². The van der Waals surface area contributed by atoms with Gasteiger partial charge in [0.25, 0.3) is 0 Å². The molecule has 0 amide bonds. The molecule has 180 valence electrons. The van der Waals surface area contributed by atoms with E-state index in [4.69, 9.17) is 18.9 Å². The summed E-state index contributed by atoms with van der Waals surface area (Å²) in [6.45, 7) is -1.48. The fourth-order valence-corrected chi connectivity index (χ4v) is 3.49. The molecule has 2 aliphatic heterocycles. The van der Waals surface area contributed by atoms with E-state index >= 15 is 0 Å². The number of aliphatic hydroxyl groups excluding tert-OH is 7. The molecule has 0 spiro atoms. The summed E-state index contributed by atoms with van der Waals surface area (Å²) in [5.41, 5.74) is -0.418. The third-order valence-corrected chi connectivity index (χ3v) is 5.27. The van der Waals surface area contributed by atoms with Crippen LogP contribution in [-0.2, 0) is 14.2 Å². The van der Waals surface area contributed by atoms with Crippen LogP contribution >= 0.6 is 0 Å². The monoisotopic (exact) mass is 463 g/mol. The van der Waals surface area contributed by atoms with Gasteiger partial charge >= 0.3 is 5.69 Å². The number of nitro groups is 1. The average molecular weight is 463 g/mol. The molecule has 1 aromatic rings. The molecule has 1 aromatic carbocycles. The van der Waals surface area contributed by atoms with E-state index in [0.29, 0.717) is 0 Å². The number of hydrogen-bond acceptors (Lipinski definition) is 13. The van der Waals surface area contributed by atoms with E-state index in [1.807, 2.05) is 0 Å². The van der Waals surface area contributed by atoms with Crippen LogP contribution in [0.25, 0.3) is 0 Å². The highest BCUT2D eigenvalue weighted by Gasteiger charge is 2.51. The van der Waals surface area contributed by atoms with E-state index in [1.54, 1.807) is 0 Å². The molecule has 2 saturated heterocycles. The Balaban J connectivity index is 1.75. The largest absolute Gasteiger partial charge is 0.455 e. The minimum atomic E-state index is -1.81. The Morgan fingerprint density at radius 2 is 1.44 bits per heavy atom. The summed E-state index contributed by atoms with van der Waals surface area (Å²) in [5, 5.41) is 80.9. The van der Waals surface area contributed by atoms with Crippen molar-refractivity contribution < 1.29 is 59.6 Å². The van der Waals surface area contributed by atoms with Crippen molar-refractivity contribution in [2.24, 2.45) is 0 Å². The van der Waals surface area contributed by atoms with Gasteiger partial charge < -0.3 is 54.7 Å². The first-order chi connectivity index (χ1) is 15.2. The third kappa shape index (κ3) is 4.84. The van der Waals surface area contributed by atoms with E-state index in [1.165, 1.54) is 18.2 Å². The van der Waals surface area contributed by atoms with Crippen LogP contribution in [-0.4, -0.2) is 115 Å². The molecule has 0 unspecified atom stereocenters. The number of aliphatic hydroxyl groups is 7. The number of nitrogens with zero attached hydrogens (tertiary/aromatic N) is 1. The molecule has 2 heterocycles. The molecule has 10 atom stereocenters. The molecule has 14 heteroatoms. The molecule has 0 aromatic heterocycles. The van der Waals surface area contributed by atoms with E-state index in [-0.39, 0.29) is 5.75 Å². The zero-order valence-corrected chi connectivity index (χ0v) is 16.5. The minimum absolute atomic E-state index is 0.251. The molecule has 0 bridgehead atoms. The predicted molar refractivity (Wildman–Crippen MR) is 100 cm³/mol. The number of hydrogen-bond donors (Lipinski definition) is 7. The van der Waals surface area contributed by atoms with Gasteiger partial charge in [-0.3, -0.25) is 10.1 Å². The highest BCUT2D eigenvalue weighted by Crippen LogP contribution is 2.33. The summed E-state index contributed by atoms with van der Waals surface area (Å²) in [7, 11) is 0. The van der Waals surface area contributed by atoms with Crippen molar-refractivity contribution in [3.8, 4) is 5.75 Å². The second kappa shape index (κ2) is 10.3. The SMILES string of the molecule is O=[N+]([O-])c1ccccc1O[C@@H]1O[C@H](CO)[C@@H](O[C@@H]2O[C@H](CO)[C@H](O)[C@H](O)[C@@H]2O)[C@@H](O)[C@@H]1O. The topological polar surface area (TPSA) is 222 Å². The summed E-state index contributed by atoms with van der Waals surface area (Å²) in [5.74, 6) is -0.251. The summed E-state index contributed by atoms with van der Waals surface area (Å²) in [6.07, 6.45) is -16.2. The van der Waals surface area contributed by atoms with Crippen molar-refractivity contribution >= 4 is 5.69 Å². The van der Waals surface area contributed by atoms with Crippen molar-refractivity contribution in [2.75, 3.05) is 13.2 Å². The first-order valence-corrected chi connectivity index (χ1v) is 9.68. The van der Waals surface area contributed by atoms with Crippen LogP contribution in [0.4, 0.5) is 5.69 Å². The van der Waals surface area contributed by atoms with Gasteiger partial charge in [0.15, 0.2) is 12.0 Å². The van der Waals surface area contributed by atoms with Crippen LogP contribution < -0.4 is 4.74 Å². The molecular formula is C18H25NO13. The van der Waals surface area contributed by atoms with Gasteiger partial charge in [-0.15, -0.1) is 0 Å². The molecule has 2 fully saturated rings. The fourth-order valence-electron chi connectivity index (χ4n) is 3.49. The van der Waals surface area contributed by atoms with Gasteiger partial charge in [-0.25, -0.2) is 0 Å². The lowest BCUT2D eigenvalue weighted by Crippen LogP contribution is -2.65. The van der Waals surface area contributed by atoms with E-state index in [2.05, 4.69) is 0 Å². The van der Waals surface area contributed by atoms with Crippen molar-refractivity contribution in [3.05, 3.63) is 34.4 Å². The highest BCUT2D eigenvalue weighted by atomic mass is 16.7. The second-order valence-electron chi connectivity index (χ2n) is 7.35. The summed E-state index contributed by atoms with van der Waals surface area (Å²) in [6, 6.07) is 5.27. The van der Waals surface area contributed by atoms with Gasteiger partial charge in [0.2, 0.25) is 6.29 Å². The molecule has 32 heavy (non-hydrogen) atoms. The number of benzene rings is 1. The van der Waals surface area contributed by atoms with Gasteiger partial charge in [-0.05, 0) is 6.07 Å². The average Bonchev–Trinajstić information content (AvgIpc) is 2.78. The van der Waals surface area contributed by atoms with Crippen molar-refractivity contribution in [1.29, 1.82) is 0 Å². The molecule has 0 saturated carbocycles.